The molecule has 0 saturated carbocycles. The van der Waals surface area contributed by atoms with Gasteiger partial charge in [-0.2, -0.15) is 5.10 Å². The summed E-state index contributed by atoms with van der Waals surface area (Å²) in [5, 5.41) is 7.17. The number of carbonyl (C=O) groups excluding carboxylic acids is 1. The van der Waals surface area contributed by atoms with Crippen molar-refractivity contribution < 1.29 is 9.53 Å². The smallest absolute Gasteiger partial charge is 0.244 e. The monoisotopic (exact) mass is 411 g/mol. The van der Waals surface area contributed by atoms with Crippen molar-refractivity contribution in [3.63, 3.8) is 0 Å². The van der Waals surface area contributed by atoms with Crippen LogP contribution in [0.5, 0.6) is 5.75 Å². The van der Waals surface area contributed by atoms with Gasteiger partial charge in [-0.1, -0.05) is 34.1 Å². The Balaban J connectivity index is 1.60. The summed E-state index contributed by atoms with van der Waals surface area (Å²) in [6.45, 7) is 0.408. The minimum Gasteiger partial charge on any atom is -0.496 e. The molecule has 1 amide bonds. The maximum absolute atomic E-state index is 12.1. The van der Waals surface area contributed by atoms with E-state index in [-0.39, 0.29) is 5.91 Å². The van der Waals surface area contributed by atoms with E-state index in [1.807, 2.05) is 54.7 Å². The zero-order valence-corrected chi connectivity index (χ0v) is 15.8. The van der Waals surface area contributed by atoms with Crippen LogP contribution >= 0.6 is 15.9 Å². The average molecular weight is 412 g/mol. The van der Waals surface area contributed by atoms with Gasteiger partial charge in [-0.05, 0) is 36.4 Å². The van der Waals surface area contributed by atoms with Crippen molar-refractivity contribution in [3.05, 3.63) is 82.6 Å². The second kappa shape index (κ2) is 8.49. The highest BCUT2D eigenvalue weighted by molar-refractivity contribution is 9.10. The molecule has 0 bridgehead atoms. The molecule has 132 valence electrons. The van der Waals surface area contributed by atoms with E-state index in [2.05, 4.69) is 26.3 Å². The SMILES string of the molecule is COc1ccc(Br)cc1/C=C/C(=O)NCc1cnn(-c2ccccc2)c1. The van der Waals surface area contributed by atoms with Crippen LogP contribution in [0, 0.1) is 0 Å². The number of para-hydroxylation sites is 1. The summed E-state index contributed by atoms with van der Waals surface area (Å²) in [4.78, 5) is 12.1. The molecule has 3 aromatic rings. The Morgan fingerprint density at radius 2 is 2.08 bits per heavy atom. The molecule has 0 aliphatic carbocycles. The van der Waals surface area contributed by atoms with Crippen LogP contribution in [0.15, 0.2) is 71.5 Å². The van der Waals surface area contributed by atoms with Crippen molar-refractivity contribution in [2.24, 2.45) is 0 Å². The van der Waals surface area contributed by atoms with Crippen LogP contribution in [0.3, 0.4) is 0 Å². The molecule has 0 aliphatic heterocycles. The van der Waals surface area contributed by atoms with E-state index < -0.39 is 0 Å². The summed E-state index contributed by atoms with van der Waals surface area (Å²) in [5.74, 6) is 0.529. The first-order chi connectivity index (χ1) is 12.7. The van der Waals surface area contributed by atoms with Crippen LogP contribution in [0.1, 0.15) is 11.1 Å². The highest BCUT2D eigenvalue weighted by Crippen LogP contribution is 2.24. The number of benzene rings is 2. The zero-order valence-electron chi connectivity index (χ0n) is 14.2. The first kappa shape index (κ1) is 17.9. The van der Waals surface area contributed by atoms with Gasteiger partial charge in [0.1, 0.15) is 5.75 Å². The Kier molecular flexibility index (Phi) is 5.86. The van der Waals surface area contributed by atoms with Crippen molar-refractivity contribution in [1.82, 2.24) is 15.1 Å². The molecule has 2 aromatic carbocycles. The lowest BCUT2D eigenvalue weighted by atomic mass is 10.2. The van der Waals surface area contributed by atoms with Gasteiger partial charge < -0.3 is 10.1 Å². The van der Waals surface area contributed by atoms with Gasteiger partial charge in [0.15, 0.2) is 0 Å². The fraction of sp³-hybridized carbons (Fsp3) is 0.100. The first-order valence-corrected chi connectivity index (χ1v) is 8.83. The molecule has 0 radical (unpaired) electrons. The van der Waals surface area contributed by atoms with E-state index in [0.29, 0.717) is 12.3 Å². The molecule has 26 heavy (non-hydrogen) atoms. The molecule has 3 rings (SSSR count). The fourth-order valence-corrected chi connectivity index (χ4v) is 2.80. The van der Waals surface area contributed by atoms with Crippen molar-refractivity contribution in [3.8, 4) is 11.4 Å². The largest absolute Gasteiger partial charge is 0.496 e. The second-order valence-electron chi connectivity index (χ2n) is 5.57. The van der Waals surface area contributed by atoms with Crippen molar-refractivity contribution >= 4 is 27.9 Å². The second-order valence-corrected chi connectivity index (χ2v) is 6.48. The normalized spacial score (nSPS) is 10.8. The molecule has 0 fully saturated rings. The summed E-state index contributed by atoms with van der Waals surface area (Å²) < 4.78 is 8.00. The van der Waals surface area contributed by atoms with Gasteiger partial charge in [0.05, 0.1) is 19.0 Å². The van der Waals surface area contributed by atoms with Crippen LogP contribution in [-0.2, 0) is 11.3 Å². The van der Waals surface area contributed by atoms with Crippen LogP contribution in [0.25, 0.3) is 11.8 Å². The quantitative estimate of drug-likeness (QED) is 0.624. The van der Waals surface area contributed by atoms with Gasteiger partial charge in [-0.25, -0.2) is 4.68 Å². The maximum Gasteiger partial charge on any atom is 0.244 e. The number of methoxy groups -OCH3 is 1. The number of halogens is 1. The third kappa shape index (κ3) is 4.61. The van der Waals surface area contributed by atoms with E-state index in [1.54, 1.807) is 24.1 Å². The van der Waals surface area contributed by atoms with Crippen molar-refractivity contribution in [1.29, 1.82) is 0 Å². The maximum atomic E-state index is 12.1. The highest BCUT2D eigenvalue weighted by atomic mass is 79.9. The number of carbonyl (C=O) groups is 1. The number of rotatable bonds is 6. The predicted octanol–water partition coefficient (Wildman–Crippen LogP) is 3.97. The lowest BCUT2D eigenvalue weighted by Crippen LogP contribution is -2.19. The van der Waals surface area contributed by atoms with Gasteiger partial charge >= 0.3 is 0 Å². The number of nitrogens with zero attached hydrogens (tertiary/aromatic N) is 2. The van der Waals surface area contributed by atoms with Gasteiger partial charge in [0.2, 0.25) is 5.91 Å². The van der Waals surface area contributed by atoms with E-state index in [4.69, 9.17) is 4.74 Å². The van der Waals surface area contributed by atoms with Crippen molar-refractivity contribution in [2.75, 3.05) is 7.11 Å². The minimum absolute atomic E-state index is 0.181. The number of amides is 1. The number of hydrogen-bond acceptors (Lipinski definition) is 3. The van der Waals surface area contributed by atoms with Crippen LogP contribution < -0.4 is 10.1 Å². The lowest BCUT2D eigenvalue weighted by molar-refractivity contribution is -0.116. The van der Waals surface area contributed by atoms with Gasteiger partial charge in [0, 0.05) is 34.4 Å². The van der Waals surface area contributed by atoms with Crippen LogP contribution in [0.2, 0.25) is 0 Å². The Labute approximate surface area is 160 Å². The average Bonchev–Trinajstić information content (AvgIpc) is 3.14. The summed E-state index contributed by atoms with van der Waals surface area (Å²) in [7, 11) is 1.60. The van der Waals surface area contributed by atoms with Crippen molar-refractivity contribution in [2.45, 2.75) is 6.54 Å². The van der Waals surface area contributed by atoms with Gasteiger partial charge in [0.25, 0.3) is 0 Å². The minimum atomic E-state index is -0.181. The van der Waals surface area contributed by atoms with E-state index >= 15 is 0 Å². The van der Waals surface area contributed by atoms with Crippen LogP contribution in [-0.4, -0.2) is 22.8 Å². The molecular weight excluding hydrogens is 394 g/mol. The Morgan fingerprint density at radius 3 is 2.85 bits per heavy atom. The number of ether oxygens (including phenoxy) is 1. The highest BCUT2D eigenvalue weighted by Gasteiger charge is 2.04. The molecule has 1 aromatic heterocycles. The molecule has 1 heterocycles. The third-order valence-corrected chi connectivity index (χ3v) is 4.22. The van der Waals surface area contributed by atoms with E-state index in [1.165, 1.54) is 6.08 Å². The Hall–Kier alpha value is -2.86. The van der Waals surface area contributed by atoms with E-state index in [0.717, 1.165) is 21.3 Å². The van der Waals surface area contributed by atoms with Crippen LogP contribution in [0.4, 0.5) is 0 Å². The fourth-order valence-electron chi connectivity index (χ4n) is 2.42. The molecule has 0 unspecified atom stereocenters. The first-order valence-electron chi connectivity index (χ1n) is 8.04. The molecule has 6 heteroatoms. The molecule has 1 N–H and O–H groups in total. The Bertz CT molecular complexity index is 920. The zero-order chi connectivity index (χ0) is 18.4. The number of aromatic nitrogens is 2. The summed E-state index contributed by atoms with van der Waals surface area (Å²) >= 11 is 3.42. The molecular formula is C20H18BrN3O2. The molecule has 0 aliphatic rings. The standard InChI is InChI=1S/C20H18BrN3O2/c1-26-19-9-8-17(21)11-16(19)7-10-20(25)22-12-15-13-23-24(14-15)18-5-3-2-4-6-18/h2-11,13-14H,12H2,1H3,(H,22,25)/b10-7+. The summed E-state index contributed by atoms with van der Waals surface area (Å²) in [5.41, 5.74) is 2.73. The molecule has 5 nitrogen and oxygen atoms in total. The number of nitrogens with one attached hydrogen (secondary N) is 1. The van der Waals surface area contributed by atoms with Gasteiger partial charge in [-0.3, -0.25) is 4.79 Å². The topological polar surface area (TPSA) is 56.1 Å². The van der Waals surface area contributed by atoms with E-state index in [9.17, 15) is 4.79 Å². The predicted molar refractivity (Wildman–Crippen MR) is 105 cm³/mol. The molecule has 0 spiro atoms. The molecule has 0 saturated heterocycles. The Morgan fingerprint density at radius 1 is 1.27 bits per heavy atom. The lowest BCUT2D eigenvalue weighted by Gasteiger charge is -2.05. The summed E-state index contributed by atoms with van der Waals surface area (Å²) in [6.07, 6.45) is 6.86. The van der Waals surface area contributed by atoms with Gasteiger partial charge in [-0.15, -0.1) is 0 Å². The summed E-state index contributed by atoms with van der Waals surface area (Å²) in [6, 6.07) is 15.5. The third-order valence-electron chi connectivity index (χ3n) is 3.73. The number of hydrogen-bond donors (Lipinski definition) is 1. The molecule has 0 atom stereocenters.